The quantitative estimate of drug-likeness (QED) is 0.845. The van der Waals surface area contributed by atoms with Gasteiger partial charge in [-0.2, -0.15) is 5.26 Å². The number of carbonyl (C=O) groups excluding carboxylic acids is 1. The number of rotatable bonds is 3. The fourth-order valence-corrected chi connectivity index (χ4v) is 2.04. The number of carbonyl (C=O) groups is 1. The number of hydrogen-bond donors (Lipinski definition) is 0. The summed E-state index contributed by atoms with van der Waals surface area (Å²) in [6.07, 6.45) is 3.03. The summed E-state index contributed by atoms with van der Waals surface area (Å²) in [5, 5.41) is 8.82. The molecule has 21 heavy (non-hydrogen) atoms. The van der Waals surface area contributed by atoms with Crippen molar-refractivity contribution in [3.8, 4) is 11.9 Å². The van der Waals surface area contributed by atoms with Crippen LogP contribution in [0, 0.1) is 11.3 Å². The van der Waals surface area contributed by atoms with Crippen molar-refractivity contribution < 1.29 is 9.53 Å². The maximum atomic E-state index is 12.1. The lowest BCUT2D eigenvalue weighted by Crippen LogP contribution is -2.56. The number of hydrogen-bond acceptors (Lipinski definition) is 5. The van der Waals surface area contributed by atoms with Gasteiger partial charge in [0.25, 0.3) is 5.91 Å². The molecule has 1 saturated heterocycles. The molecule has 6 heteroatoms. The average Bonchev–Trinajstić information content (AvgIpc) is 2.51. The van der Waals surface area contributed by atoms with Crippen LogP contribution in [0.2, 0.25) is 0 Å². The highest BCUT2D eigenvalue weighted by Crippen LogP contribution is 2.18. The molecule has 0 atom stereocenters. The smallest absolute Gasteiger partial charge is 0.272 e. The monoisotopic (exact) mass is 280 g/mol. The molecule has 2 aromatic rings. The molecule has 0 unspecified atom stereocenters. The molecule has 1 amide bonds. The van der Waals surface area contributed by atoms with Gasteiger partial charge < -0.3 is 9.64 Å². The van der Waals surface area contributed by atoms with Crippen LogP contribution in [0.4, 0.5) is 0 Å². The van der Waals surface area contributed by atoms with E-state index < -0.39 is 0 Å². The second-order valence-electron chi connectivity index (χ2n) is 4.66. The third-order valence-electron chi connectivity index (χ3n) is 3.17. The minimum Gasteiger partial charge on any atom is -0.471 e. The topological polar surface area (TPSA) is 79.1 Å². The zero-order valence-corrected chi connectivity index (χ0v) is 11.1. The number of likely N-dealkylation sites (tertiary alicyclic amines) is 1. The number of aromatic nitrogens is 2. The van der Waals surface area contributed by atoms with Crippen molar-refractivity contribution in [3.05, 3.63) is 54.0 Å². The van der Waals surface area contributed by atoms with Gasteiger partial charge in [-0.25, -0.2) is 4.98 Å². The highest BCUT2D eigenvalue weighted by Gasteiger charge is 2.33. The van der Waals surface area contributed by atoms with E-state index >= 15 is 0 Å². The number of nitriles is 1. The van der Waals surface area contributed by atoms with Crippen LogP contribution in [0.5, 0.6) is 5.88 Å². The highest BCUT2D eigenvalue weighted by atomic mass is 16.5. The van der Waals surface area contributed by atoms with Gasteiger partial charge in [0.15, 0.2) is 0 Å². The Balaban J connectivity index is 1.56. The van der Waals surface area contributed by atoms with E-state index in [2.05, 4.69) is 9.97 Å². The molecule has 0 radical (unpaired) electrons. The van der Waals surface area contributed by atoms with E-state index in [1.165, 1.54) is 6.20 Å². The van der Waals surface area contributed by atoms with Gasteiger partial charge in [-0.15, -0.1) is 0 Å². The molecule has 0 aliphatic carbocycles. The van der Waals surface area contributed by atoms with Crippen LogP contribution in [0.15, 0.2) is 42.7 Å². The SMILES string of the molecule is N#Cc1ccnc(OC2CN(C(=O)c3ccccn3)C2)c1. The standard InChI is InChI=1S/C15H12N4O2/c16-8-11-4-6-18-14(7-11)21-12-9-19(10-12)15(20)13-3-1-2-5-17-13/h1-7,12H,9-10H2. The van der Waals surface area contributed by atoms with Crippen LogP contribution < -0.4 is 4.74 Å². The van der Waals surface area contributed by atoms with E-state index in [4.69, 9.17) is 10.00 Å². The van der Waals surface area contributed by atoms with Crippen LogP contribution in [0.1, 0.15) is 16.1 Å². The van der Waals surface area contributed by atoms with E-state index in [0.717, 1.165) is 0 Å². The van der Waals surface area contributed by atoms with E-state index in [0.29, 0.717) is 30.2 Å². The molecule has 1 aliphatic rings. The summed E-state index contributed by atoms with van der Waals surface area (Å²) in [7, 11) is 0. The number of pyridine rings is 2. The predicted octanol–water partition coefficient (Wildman–Crippen LogP) is 1.25. The Morgan fingerprint density at radius 2 is 2.14 bits per heavy atom. The van der Waals surface area contributed by atoms with Crippen LogP contribution in [-0.2, 0) is 0 Å². The third-order valence-corrected chi connectivity index (χ3v) is 3.17. The van der Waals surface area contributed by atoms with Crippen LogP contribution in [0.25, 0.3) is 0 Å². The van der Waals surface area contributed by atoms with Gasteiger partial charge in [-0.1, -0.05) is 6.07 Å². The number of nitrogens with zero attached hydrogens (tertiary/aromatic N) is 4. The van der Waals surface area contributed by atoms with Crippen molar-refractivity contribution in [2.75, 3.05) is 13.1 Å². The first kappa shape index (κ1) is 13.1. The molecule has 6 nitrogen and oxygen atoms in total. The zero-order valence-electron chi connectivity index (χ0n) is 11.1. The second-order valence-corrected chi connectivity index (χ2v) is 4.66. The Hall–Kier alpha value is -2.94. The molecule has 3 heterocycles. The molecule has 0 bridgehead atoms. The van der Waals surface area contributed by atoms with Gasteiger partial charge >= 0.3 is 0 Å². The van der Waals surface area contributed by atoms with Gasteiger partial charge in [-0.3, -0.25) is 9.78 Å². The molecule has 0 saturated carbocycles. The molecule has 1 aliphatic heterocycles. The van der Waals surface area contributed by atoms with Crippen LogP contribution in [-0.4, -0.2) is 40.0 Å². The molecule has 2 aromatic heterocycles. The van der Waals surface area contributed by atoms with Crippen molar-refractivity contribution in [2.24, 2.45) is 0 Å². The molecule has 0 aromatic carbocycles. The summed E-state index contributed by atoms with van der Waals surface area (Å²) in [6.45, 7) is 0.988. The van der Waals surface area contributed by atoms with Crippen molar-refractivity contribution in [1.82, 2.24) is 14.9 Å². The molecular formula is C15H12N4O2. The number of ether oxygens (including phenoxy) is 1. The van der Waals surface area contributed by atoms with Gasteiger partial charge in [-0.05, 0) is 18.2 Å². The molecule has 1 fully saturated rings. The largest absolute Gasteiger partial charge is 0.471 e. The van der Waals surface area contributed by atoms with E-state index in [1.54, 1.807) is 41.4 Å². The molecular weight excluding hydrogens is 268 g/mol. The Bertz CT molecular complexity index is 690. The van der Waals surface area contributed by atoms with Gasteiger partial charge in [0.2, 0.25) is 5.88 Å². The molecule has 104 valence electrons. The van der Waals surface area contributed by atoms with E-state index in [1.807, 2.05) is 6.07 Å². The van der Waals surface area contributed by atoms with E-state index in [-0.39, 0.29) is 12.0 Å². The Labute approximate surface area is 121 Å². The maximum Gasteiger partial charge on any atom is 0.272 e. The summed E-state index contributed by atoms with van der Waals surface area (Å²) in [4.78, 5) is 21.8. The summed E-state index contributed by atoms with van der Waals surface area (Å²) in [5.74, 6) is 0.304. The molecule has 0 N–H and O–H groups in total. The summed E-state index contributed by atoms with van der Waals surface area (Å²) in [5.41, 5.74) is 0.932. The zero-order chi connectivity index (χ0) is 14.7. The Morgan fingerprint density at radius 1 is 1.29 bits per heavy atom. The van der Waals surface area contributed by atoms with Crippen molar-refractivity contribution in [2.45, 2.75) is 6.10 Å². The fraction of sp³-hybridized carbons (Fsp3) is 0.200. The third kappa shape index (κ3) is 2.82. The average molecular weight is 280 g/mol. The molecule has 0 spiro atoms. The van der Waals surface area contributed by atoms with Crippen LogP contribution >= 0.6 is 0 Å². The first-order chi connectivity index (χ1) is 10.3. The minimum absolute atomic E-state index is 0.0981. The van der Waals surface area contributed by atoms with Crippen molar-refractivity contribution in [3.63, 3.8) is 0 Å². The lowest BCUT2D eigenvalue weighted by molar-refractivity contribution is 0.0155. The Morgan fingerprint density at radius 3 is 2.86 bits per heavy atom. The van der Waals surface area contributed by atoms with Crippen molar-refractivity contribution in [1.29, 1.82) is 5.26 Å². The predicted molar refractivity (Wildman–Crippen MR) is 73.5 cm³/mol. The van der Waals surface area contributed by atoms with Gasteiger partial charge in [0, 0.05) is 18.5 Å². The summed E-state index contributed by atoms with van der Waals surface area (Å²) in [6, 6.07) is 10.5. The number of amides is 1. The normalized spacial score (nSPS) is 14.1. The molecule has 3 rings (SSSR count). The minimum atomic E-state index is -0.103. The summed E-state index contributed by atoms with van der Waals surface area (Å²) < 4.78 is 5.63. The van der Waals surface area contributed by atoms with Gasteiger partial charge in [0.1, 0.15) is 11.8 Å². The second kappa shape index (κ2) is 5.59. The summed E-state index contributed by atoms with van der Waals surface area (Å²) >= 11 is 0. The van der Waals surface area contributed by atoms with Gasteiger partial charge in [0.05, 0.1) is 24.7 Å². The van der Waals surface area contributed by atoms with Crippen molar-refractivity contribution >= 4 is 5.91 Å². The lowest BCUT2D eigenvalue weighted by Gasteiger charge is -2.38. The highest BCUT2D eigenvalue weighted by molar-refractivity contribution is 5.92. The van der Waals surface area contributed by atoms with Crippen LogP contribution in [0.3, 0.4) is 0 Å². The lowest BCUT2D eigenvalue weighted by atomic mass is 10.1. The Kier molecular flexibility index (Phi) is 3.48. The van der Waals surface area contributed by atoms with E-state index in [9.17, 15) is 4.79 Å². The fourth-order valence-electron chi connectivity index (χ4n) is 2.04. The first-order valence-corrected chi connectivity index (χ1v) is 6.49. The first-order valence-electron chi connectivity index (χ1n) is 6.49. The maximum absolute atomic E-state index is 12.1.